The fraction of sp³-hybridized carbons (Fsp3) is 0.448. The molecule has 1 amide bonds. The lowest BCUT2D eigenvalue weighted by Crippen LogP contribution is -2.61. The molecule has 2 aromatic carbocycles. The van der Waals surface area contributed by atoms with Gasteiger partial charge in [0.2, 0.25) is 5.91 Å². The Morgan fingerprint density at radius 1 is 1.10 bits per heavy atom. The monoisotopic (exact) mass is 541 g/mol. The maximum atomic E-state index is 13.0. The minimum Gasteiger partial charge on any atom is -0.424 e. The van der Waals surface area contributed by atoms with Crippen molar-refractivity contribution in [2.45, 2.75) is 69.2 Å². The normalized spacial score (nSPS) is 23.9. The molecule has 2 aliphatic rings. The summed E-state index contributed by atoms with van der Waals surface area (Å²) >= 11 is 0. The van der Waals surface area contributed by atoms with Crippen LogP contribution in [0.3, 0.4) is 0 Å². The lowest BCUT2D eigenvalue weighted by Gasteiger charge is -2.46. The number of rotatable bonds is 7. The summed E-state index contributed by atoms with van der Waals surface area (Å²) in [7, 11) is 0. The summed E-state index contributed by atoms with van der Waals surface area (Å²) in [5, 5.41) is 7.37. The first-order chi connectivity index (χ1) is 18.6. The summed E-state index contributed by atoms with van der Waals surface area (Å²) in [6.07, 6.45) is 3.40. The Bertz CT molecular complexity index is 1290. The second kappa shape index (κ2) is 10.9. The first kappa shape index (κ1) is 27.1. The number of hydrogen-bond donors (Lipinski definition) is 3. The number of carbonyl (C=O) groups excluding carboxylic acids is 1. The van der Waals surface area contributed by atoms with Crippen molar-refractivity contribution in [2.75, 3.05) is 23.3 Å². The molecule has 4 N–H and O–H groups in total. The molecule has 5 rings (SSSR count). The van der Waals surface area contributed by atoms with Crippen LogP contribution < -0.4 is 21.3 Å². The molecule has 0 bridgehead atoms. The Labute approximate surface area is 226 Å². The number of anilines is 2. The van der Waals surface area contributed by atoms with Crippen LogP contribution in [0.25, 0.3) is 11.3 Å². The number of oxazole rings is 1. The minimum absolute atomic E-state index is 0.112. The van der Waals surface area contributed by atoms with Crippen molar-refractivity contribution >= 4 is 17.6 Å². The predicted octanol–water partition coefficient (Wildman–Crippen LogP) is 5.83. The van der Waals surface area contributed by atoms with E-state index in [2.05, 4.69) is 27.4 Å². The third-order valence-corrected chi connectivity index (χ3v) is 7.80. The van der Waals surface area contributed by atoms with Gasteiger partial charge in [-0.15, -0.1) is 0 Å². The Hall–Kier alpha value is -3.53. The number of piperidine rings is 1. The van der Waals surface area contributed by atoms with Crippen molar-refractivity contribution in [3.05, 3.63) is 65.9 Å². The van der Waals surface area contributed by atoms with E-state index in [4.69, 9.17) is 10.2 Å². The van der Waals surface area contributed by atoms with Gasteiger partial charge < -0.3 is 25.7 Å². The molecule has 208 valence electrons. The first-order valence-electron chi connectivity index (χ1n) is 13.4. The van der Waals surface area contributed by atoms with Crippen molar-refractivity contribution in [2.24, 2.45) is 5.73 Å². The van der Waals surface area contributed by atoms with Crippen LogP contribution in [0, 0.1) is 0 Å². The first-order valence-corrected chi connectivity index (χ1v) is 13.4. The third-order valence-electron chi connectivity index (χ3n) is 7.80. The molecule has 1 saturated carbocycles. The largest absolute Gasteiger partial charge is 0.424 e. The highest BCUT2D eigenvalue weighted by atomic mass is 19.4. The second-order valence-corrected chi connectivity index (χ2v) is 10.9. The van der Waals surface area contributed by atoms with E-state index in [0.29, 0.717) is 23.9 Å². The maximum Gasteiger partial charge on any atom is 0.416 e. The van der Waals surface area contributed by atoms with E-state index < -0.39 is 17.6 Å². The van der Waals surface area contributed by atoms with Crippen LogP contribution in [0.2, 0.25) is 0 Å². The van der Waals surface area contributed by atoms with E-state index in [0.717, 1.165) is 68.5 Å². The molecular formula is C29H34F3N5O2. The fourth-order valence-corrected chi connectivity index (χ4v) is 5.82. The highest BCUT2D eigenvalue weighted by Crippen LogP contribution is 2.33. The molecule has 1 unspecified atom stereocenters. The Balaban J connectivity index is 1.25. The van der Waals surface area contributed by atoms with Crippen LogP contribution in [-0.4, -0.2) is 41.6 Å². The number of nitrogens with two attached hydrogens (primary N) is 1. The van der Waals surface area contributed by atoms with Crippen LogP contribution in [0.4, 0.5) is 24.9 Å². The molecule has 3 atom stereocenters. The number of amides is 1. The SMILES string of the molecule is CC1(N[C@@H]2CCCC[C@H]2Nc2ncc(-c3cccc(C(N)=O)c3)o2)CCCN(c2ccc(C(F)(F)F)cc2)C1. The quantitative estimate of drug-likeness (QED) is 0.348. The number of carbonyl (C=O) groups is 1. The summed E-state index contributed by atoms with van der Waals surface area (Å²) in [6, 6.07) is 13.1. The number of nitrogens with zero attached hydrogens (tertiary/aromatic N) is 2. The zero-order valence-electron chi connectivity index (χ0n) is 21.9. The van der Waals surface area contributed by atoms with E-state index >= 15 is 0 Å². The number of primary amides is 1. The van der Waals surface area contributed by atoms with Gasteiger partial charge in [-0.05, 0) is 69.0 Å². The average molecular weight is 542 g/mol. The van der Waals surface area contributed by atoms with Gasteiger partial charge >= 0.3 is 6.18 Å². The lowest BCUT2D eigenvalue weighted by atomic mass is 9.84. The predicted molar refractivity (Wildman–Crippen MR) is 145 cm³/mol. The van der Waals surface area contributed by atoms with Crippen molar-refractivity contribution in [1.82, 2.24) is 10.3 Å². The van der Waals surface area contributed by atoms with Crippen LogP contribution in [-0.2, 0) is 6.18 Å². The smallest absolute Gasteiger partial charge is 0.416 e. The third kappa shape index (κ3) is 6.38. The minimum atomic E-state index is -4.34. The van der Waals surface area contributed by atoms with Crippen molar-refractivity contribution in [1.29, 1.82) is 0 Å². The van der Waals surface area contributed by atoms with Gasteiger partial charge in [0.25, 0.3) is 6.01 Å². The molecule has 1 aliphatic carbocycles. The molecule has 10 heteroatoms. The summed E-state index contributed by atoms with van der Waals surface area (Å²) < 4.78 is 45.0. The highest BCUT2D eigenvalue weighted by molar-refractivity contribution is 5.93. The second-order valence-electron chi connectivity index (χ2n) is 10.9. The average Bonchev–Trinajstić information content (AvgIpc) is 3.38. The zero-order valence-corrected chi connectivity index (χ0v) is 21.9. The molecule has 1 aliphatic heterocycles. The Morgan fingerprint density at radius 3 is 2.56 bits per heavy atom. The van der Waals surface area contributed by atoms with Gasteiger partial charge in [-0.2, -0.15) is 13.2 Å². The molecule has 0 spiro atoms. The van der Waals surface area contributed by atoms with E-state index in [1.807, 2.05) is 6.07 Å². The fourth-order valence-electron chi connectivity index (χ4n) is 5.82. The summed E-state index contributed by atoms with van der Waals surface area (Å²) in [5.74, 6) is 0.0475. The van der Waals surface area contributed by atoms with E-state index in [-0.39, 0.29) is 17.6 Å². The number of hydrogen-bond acceptors (Lipinski definition) is 6. The Kier molecular flexibility index (Phi) is 7.57. The molecular weight excluding hydrogens is 507 g/mol. The summed E-state index contributed by atoms with van der Waals surface area (Å²) in [5.41, 5.74) is 6.52. The van der Waals surface area contributed by atoms with E-state index in [9.17, 15) is 18.0 Å². The Morgan fingerprint density at radius 2 is 1.85 bits per heavy atom. The van der Waals surface area contributed by atoms with Gasteiger partial charge in [0.1, 0.15) is 0 Å². The molecule has 3 aromatic rings. The molecule has 2 fully saturated rings. The molecule has 7 nitrogen and oxygen atoms in total. The van der Waals surface area contributed by atoms with Gasteiger partial charge in [0, 0.05) is 47.5 Å². The van der Waals surface area contributed by atoms with Gasteiger partial charge in [-0.3, -0.25) is 4.79 Å². The zero-order chi connectivity index (χ0) is 27.6. The van der Waals surface area contributed by atoms with Crippen molar-refractivity contribution in [3.8, 4) is 11.3 Å². The van der Waals surface area contributed by atoms with Crippen molar-refractivity contribution in [3.63, 3.8) is 0 Å². The number of aromatic nitrogens is 1. The summed E-state index contributed by atoms with van der Waals surface area (Å²) in [4.78, 5) is 18.1. The van der Waals surface area contributed by atoms with E-state index in [1.165, 1.54) is 0 Å². The van der Waals surface area contributed by atoms with Gasteiger partial charge in [-0.1, -0.05) is 25.0 Å². The van der Waals surface area contributed by atoms with Gasteiger partial charge in [0.05, 0.1) is 11.8 Å². The molecule has 1 aromatic heterocycles. The van der Waals surface area contributed by atoms with Crippen LogP contribution in [0.15, 0.2) is 59.1 Å². The number of alkyl halides is 3. The maximum absolute atomic E-state index is 13.0. The van der Waals surface area contributed by atoms with Crippen molar-refractivity contribution < 1.29 is 22.4 Å². The van der Waals surface area contributed by atoms with Gasteiger partial charge in [-0.25, -0.2) is 4.98 Å². The van der Waals surface area contributed by atoms with Crippen LogP contribution >= 0.6 is 0 Å². The van der Waals surface area contributed by atoms with E-state index in [1.54, 1.807) is 36.5 Å². The number of benzene rings is 2. The molecule has 39 heavy (non-hydrogen) atoms. The highest BCUT2D eigenvalue weighted by Gasteiger charge is 2.37. The molecule has 1 saturated heterocycles. The number of halogens is 3. The topological polar surface area (TPSA) is 96.4 Å². The standard InChI is InChI=1S/C29H34F3N5O2/c1-28(14-5-15-37(18-28)22-12-10-21(11-13-22)29(30,31)32)36-24-9-3-2-8-23(24)35-27-34-17-25(39-27)19-6-4-7-20(16-19)26(33)38/h4,6-7,10-13,16-17,23-24,36H,2-3,5,8-9,14-15,18H2,1H3,(H2,33,38)(H,34,35)/t23-,24-,28?/m1/s1. The van der Waals surface area contributed by atoms with Crippen LogP contribution in [0.5, 0.6) is 0 Å². The molecule has 2 heterocycles. The van der Waals surface area contributed by atoms with Gasteiger partial charge in [0.15, 0.2) is 5.76 Å². The number of nitrogens with one attached hydrogen (secondary N) is 2. The summed E-state index contributed by atoms with van der Waals surface area (Å²) in [6.45, 7) is 3.72. The molecule has 0 radical (unpaired) electrons. The lowest BCUT2D eigenvalue weighted by molar-refractivity contribution is -0.137. The van der Waals surface area contributed by atoms with Crippen LogP contribution in [0.1, 0.15) is 61.4 Å².